The first kappa shape index (κ1) is 31.7. The molecule has 4 atom stereocenters. The van der Waals surface area contributed by atoms with Crippen LogP contribution < -0.4 is 21.7 Å². The number of rotatable bonds is 15. The number of nitrogens with two attached hydrogens (primary N) is 1. The fourth-order valence-electron chi connectivity index (χ4n) is 4.88. The lowest BCUT2D eigenvalue weighted by atomic mass is 10.0. The van der Waals surface area contributed by atoms with Gasteiger partial charge in [-0.3, -0.25) is 19.2 Å². The fourth-order valence-corrected chi connectivity index (χ4v) is 4.88. The van der Waals surface area contributed by atoms with E-state index in [0.717, 1.165) is 21.8 Å². The second kappa shape index (κ2) is 14.3. The van der Waals surface area contributed by atoms with Crippen molar-refractivity contribution < 1.29 is 39.3 Å². The molecule has 0 spiro atoms. The third-order valence-corrected chi connectivity index (χ3v) is 7.27. The van der Waals surface area contributed by atoms with Crippen molar-refractivity contribution in [1.82, 2.24) is 25.9 Å². The maximum absolute atomic E-state index is 13.4. The summed E-state index contributed by atoms with van der Waals surface area (Å²) in [6, 6.07) is 9.13. The van der Waals surface area contributed by atoms with Gasteiger partial charge in [0.1, 0.15) is 18.1 Å². The zero-order valence-electron chi connectivity index (χ0n) is 23.6. The van der Waals surface area contributed by atoms with E-state index in [-0.39, 0.29) is 25.7 Å². The van der Waals surface area contributed by atoms with Crippen molar-refractivity contribution in [2.24, 2.45) is 5.73 Å². The third kappa shape index (κ3) is 7.79. The normalized spacial score (nSPS) is 14.0. The summed E-state index contributed by atoms with van der Waals surface area (Å²) in [7, 11) is 0. The van der Waals surface area contributed by atoms with Gasteiger partial charge in [-0.15, -0.1) is 0 Å². The molecule has 4 unspecified atom stereocenters. The van der Waals surface area contributed by atoms with Gasteiger partial charge in [0.2, 0.25) is 17.7 Å². The minimum Gasteiger partial charge on any atom is -0.481 e. The largest absolute Gasteiger partial charge is 0.481 e. The number of nitrogens with one attached hydrogen (secondary N) is 5. The van der Waals surface area contributed by atoms with E-state index in [1.165, 1.54) is 0 Å². The standard InChI is InChI=1S/C30H34N6O8/c31-20(9-10-26(38)39)27(40)34-23(11-16-13-32-21-7-3-1-5-18(16)21)28(41)36-25(15-37)29(42)35-24(30(43)44)12-17-14-33-22-8-4-2-6-19(17)22/h1-8,13-14,20,23-25,32-33,37H,9-12,15,31H2,(H,34,40)(H,35,42)(H,36,41)(H,38,39)(H,43,44). The maximum atomic E-state index is 13.4. The Morgan fingerprint density at radius 2 is 1.18 bits per heavy atom. The number of carbonyl (C=O) groups is 5. The second-order valence-corrected chi connectivity index (χ2v) is 10.4. The number of fused-ring (bicyclic) bond motifs is 2. The number of benzene rings is 2. The van der Waals surface area contributed by atoms with E-state index in [2.05, 4.69) is 25.9 Å². The number of carbonyl (C=O) groups excluding carboxylic acids is 3. The molecule has 2 heterocycles. The van der Waals surface area contributed by atoms with Gasteiger partial charge in [0, 0.05) is 53.5 Å². The minimum atomic E-state index is -1.55. The van der Waals surface area contributed by atoms with E-state index in [1.807, 2.05) is 36.4 Å². The molecule has 10 N–H and O–H groups in total. The molecule has 0 saturated carbocycles. The highest BCUT2D eigenvalue weighted by Gasteiger charge is 2.31. The smallest absolute Gasteiger partial charge is 0.326 e. The second-order valence-electron chi connectivity index (χ2n) is 10.4. The van der Waals surface area contributed by atoms with Gasteiger partial charge in [0.05, 0.1) is 12.6 Å². The van der Waals surface area contributed by atoms with Crippen LogP contribution in [0.15, 0.2) is 60.9 Å². The molecule has 232 valence electrons. The van der Waals surface area contributed by atoms with E-state index in [4.69, 9.17) is 10.8 Å². The van der Waals surface area contributed by atoms with Gasteiger partial charge >= 0.3 is 11.9 Å². The van der Waals surface area contributed by atoms with Crippen molar-refractivity contribution in [3.05, 3.63) is 72.1 Å². The number of aliphatic hydroxyl groups excluding tert-OH is 1. The Bertz CT molecular complexity index is 1660. The molecule has 0 aliphatic heterocycles. The van der Waals surface area contributed by atoms with E-state index in [0.29, 0.717) is 11.1 Å². The molecule has 14 nitrogen and oxygen atoms in total. The average molecular weight is 607 g/mol. The first-order valence-electron chi connectivity index (χ1n) is 13.9. The predicted molar refractivity (Wildman–Crippen MR) is 159 cm³/mol. The number of H-pyrrole nitrogens is 2. The fraction of sp³-hybridized carbons (Fsp3) is 0.300. The highest BCUT2D eigenvalue weighted by Crippen LogP contribution is 2.20. The lowest BCUT2D eigenvalue weighted by Gasteiger charge is -2.24. The van der Waals surface area contributed by atoms with Gasteiger partial charge in [-0.25, -0.2) is 4.79 Å². The number of aromatic nitrogens is 2. The van der Waals surface area contributed by atoms with Crippen LogP contribution in [0.25, 0.3) is 21.8 Å². The van der Waals surface area contributed by atoms with Crippen molar-refractivity contribution in [3.63, 3.8) is 0 Å². The third-order valence-electron chi connectivity index (χ3n) is 7.27. The van der Waals surface area contributed by atoms with Crippen molar-refractivity contribution in [2.45, 2.75) is 49.9 Å². The van der Waals surface area contributed by atoms with Gasteiger partial charge in [-0.2, -0.15) is 0 Å². The van der Waals surface area contributed by atoms with Crippen LogP contribution in [-0.4, -0.2) is 85.7 Å². The monoisotopic (exact) mass is 606 g/mol. The Hall–Kier alpha value is -5.21. The first-order chi connectivity index (χ1) is 21.1. The van der Waals surface area contributed by atoms with Crippen molar-refractivity contribution in [1.29, 1.82) is 0 Å². The van der Waals surface area contributed by atoms with Crippen LogP contribution in [0.5, 0.6) is 0 Å². The molecule has 14 heteroatoms. The lowest BCUT2D eigenvalue weighted by molar-refractivity contribution is -0.142. The highest BCUT2D eigenvalue weighted by molar-refractivity contribution is 5.95. The molecule has 3 amide bonds. The molecular formula is C30H34N6O8. The van der Waals surface area contributed by atoms with E-state index >= 15 is 0 Å². The van der Waals surface area contributed by atoms with Gasteiger partial charge in [-0.05, 0) is 29.7 Å². The molecule has 4 aromatic rings. The molecule has 44 heavy (non-hydrogen) atoms. The zero-order valence-corrected chi connectivity index (χ0v) is 23.6. The summed E-state index contributed by atoms with van der Waals surface area (Å²) in [5.41, 5.74) is 8.75. The van der Waals surface area contributed by atoms with Crippen LogP contribution in [0.3, 0.4) is 0 Å². The van der Waals surface area contributed by atoms with Gasteiger partial charge in [-0.1, -0.05) is 36.4 Å². The molecule has 2 aromatic heterocycles. The summed E-state index contributed by atoms with van der Waals surface area (Å²) in [4.78, 5) is 68.4. The zero-order chi connectivity index (χ0) is 31.8. The molecule has 4 rings (SSSR count). The van der Waals surface area contributed by atoms with Gasteiger partial charge in [0.25, 0.3) is 0 Å². The first-order valence-corrected chi connectivity index (χ1v) is 13.9. The Morgan fingerprint density at radius 3 is 1.70 bits per heavy atom. The molecule has 2 aromatic carbocycles. The summed E-state index contributed by atoms with van der Waals surface area (Å²) in [5.74, 6) is -5.01. The van der Waals surface area contributed by atoms with Gasteiger partial charge in [0.15, 0.2) is 0 Å². The van der Waals surface area contributed by atoms with Crippen molar-refractivity contribution >= 4 is 51.5 Å². The number of aliphatic hydroxyl groups is 1. The van der Waals surface area contributed by atoms with E-state index in [1.54, 1.807) is 24.5 Å². The topological polar surface area (TPSA) is 240 Å². The number of aromatic amines is 2. The Morgan fingerprint density at radius 1 is 0.705 bits per heavy atom. The Balaban J connectivity index is 1.49. The molecule has 0 saturated heterocycles. The average Bonchev–Trinajstić information content (AvgIpc) is 3.61. The Kier molecular flexibility index (Phi) is 10.3. The molecular weight excluding hydrogens is 572 g/mol. The van der Waals surface area contributed by atoms with Crippen molar-refractivity contribution in [3.8, 4) is 0 Å². The number of carboxylic acids is 2. The maximum Gasteiger partial charge on any atom is 0.326 e. The van der Waals surface area contributed by atoms with Crippen LogP contribution in [0.1, 0.15) is 24.0 Å². The number of para-hydroxylation sites is 2. The number of carboxylic acid groups (broad SMARTS) is 2. The lowest BCUT2D eigenvalue weighted by Crippen LogP contribution is -2.58. The molecule has 0 fully saturated rings. The SMILES string of the molecule is NC(CCC(=O)O)C(=O)NC(Cc1c[nH]c2ccccc12)C(=O)NC(CO)C(=O)NC(Cc1c[nH]c2ccccc12)C(=O)O. The summed E-state index contributed by atoms with van der Waals surface area (Å²) in [5, 5.41) is 37.6. The van der Waals surface area contributed by atoms with Crippen molar-refractivity contribution in [2.75, 3.05) is 6.61 Å². The number of amides is 3. The summed E-state index contributed by atoms with van der Waals surface area (Å²) in [6.45, 7) is -0.858. The molecule has 0 aliphatic rings. The van der Waals surface area contributed by atoms with Gasteiger partial charge < -0.3 is 47.0 Å². The van der Waals surface area contributed by atoms with E-state index in [9.17, 15) is 34.2 Å². The van der Waals surface area contributed by atoms with Crippen LogP contribution in [0.2, 0.25) is 0 Å². The summed E-state index contributed by atoms with van der Waals surface area (Å²) < 4.78 is 0. The molecule has 0 radical (unpaired) electrons. The number of hydrogen-bond acceptors (Lipinski definition) is 7. The van der Waals surface area contributed by atoms with Crippen LogP contribution in [0, 0.1) is 0 Å². The minimum absolute atomic E-state index is 0.0364. The molecule has 0 aliphatic carbocycles. The van der Waals surface area contributed by atoms with E-state index < -0.39 is 60.4 Å². The highest BCUT2D eigenvalue weighted by atomic mass is 16.4. The molecule has 0 bridgehead atoms. The van der Waals surface area contributed by atoms with Crippen LogP contribution in [-0.2, 0) is 36.8 Å². The Labute approximate surface area is 251 Å². The summed E-state index contributed by atoms with van der Waals surface area (Å²) >= 11 is 0. The predicted octanol–water partition coefficient (Wildman–Crippen LogP) is 0.158. The number of hydrogen-bond donors (Lipinski definition) is 9. The van der Waals surface area contributed by atoms with Crippen LogP contribution in [0.4, 0.5) is 0 Å². The summed E-state index contributed by atoms with van der Waals surface area (Å²) in [6.07, 6.45) is 2.69. The van der Waals surface area contributed by atoms with Crippen LogP contribution >= 0.6 is 0 Å². The quantitative estimate of drug-likeness (QED) is 0.0894. The number of aliphatic carboxylic acids is 2.